The Bertz CT molecular complexity index is 783. The van der Waals surface area contributed by atoms with E-state index in [0.717, 1.165) is 18.6 Å². The first kappa shape index (κ1) is 22.8. The summed E-state index contributed by atoms with van der Waals surface area (Å²) in [4.78, 5) is 25.8. The van der Waals surface area contributed by atoms with Crippen LogP contribution < -0.4 is 5.43 Å². The molecular formula is C20H25N3O5. The summed E-state index contributed by atoms with van der Waals surface area (Å²) in [6, 6.07) is 8.89. The Labute approximate surface area is 163 Å². The molecule has 1 saturated carbocycles. The molecule has 0 aliphatic heterocycles. The number of aromatic carboxylic acids is 1. The second-order valence-corrected chi connectivity index (χ2v) is 6.12. The van der Waals surface area contributed by atoms with Crippen LogP contribution >= 0.6 is 0 Å². The molecule has 150 valence electrons. The SMILES string of the molecule is O.O=C(NN=C1CCCCCC1)c1ccncc1.O=C(O)c1cccc(O)c1. The van der Waals surface area contributed by atoms with Gasteiger partial charge in [0.25, 0.3) is 5.91 Å². The summed E-state index contributed by atoms with van der Waals surface area (Å²) in [6.45, 7) is 0. The van der Waals surface area contributed by atoms with Gasteiger partial charge in [0.1, 0.15) is 5.75 Å². The summed E-state index contributed by atoms with van der Waals surface area (Å²) in [5.41, 5.74) is 4.43. The van der Waals surface area contributed by atoms with E-state index < -0.39 is 5.97 Å². The van der Waals surface area contributed by atoms with Crippen molar-refractivity contribution < 1.29 is 25.3 Å². The van der Waals surface area contributed by atoms with E-state index in [1.807, 2.05) is 0 Å². The molecule has 8 heteroatoms. The molecule has 1 aliphatic carbocycles. The van der Waals surface area contributed by atoms with Gasteiger partial charge in [0.15, 0.2) is 0 Å². The summed E-state index contributed by atoms with van der Waals surface area (Å²) >= 11 is 0. The molecule has 1 aromatic carbocycles. The lowest BCUT2D eigenvalue weighted by Gasteiger charge is -2.03. The predicted molar refractivity (Wildman–Crippen MR) is 106 cm³/mol. The zero-order valence-electron chi connectivity index (χ0n) is 15.5. The first-order chi connectivity index (χ1) is 13.1. The van der Waals surface area contributed by atoms with Gasteiger partial charge >= 0.3 is 5.97 Å². The maximum atomic E-state index is 11.7. The quantitative estimate of drug-likeness (QED) is 0.548. The standard InChI is InChI=1S/C13H17N3O.C7H6O3.H2O/c17-13(11-7-9-14-10-8-11)16-15-12-5-3-1-2-4-6-12;8-6-3-1-2-5(4-6)7(9)10;/h7-10H,1-6H2,(H,16,17);1-4,8H,(H,9,10);1H2. The largest absolute Gasteiger partial charge is 0.508 e. The first-order valence-corrected chi connectivity index (χ1v) is 8.84. The molecule has 2 aromatic rings. The van der Waals surface area contributed by atoms with Crippen molar-refractivity contribution in [2.24, 2.45) is 5.10 Å². The van der Waals surface area contributed by atoms with E-state index in [2.05, 4.69) is 15.5 Å². The van der Waals surface area contributed by atoms with E-state index in [0.29, 0.717) is 5.56 Å². The smallest absolute Gasteiger partial charge is 0.335 e. The van der Waals surface area contributed by atoms with Crippen molar-refractivity contribution in [3.8, 4) is 5.75 Å². The number of hydrogen-bond acceptors (Lipinski definition) is 5. The summed E-state index contributed by atoms with van der Waals surface area (Å²) in [6.07, 6.45) is 10.2. The number of hydrazone groups is 1. The molecule has 0 spiro atoms. The van der Waals surface area contributed by atoms with Crippen molar-refractivity contribution in [3.05, 3.63) is 59.9 Å². The van der Waals surface area contributed by atoms with Gasteiger partial charge in [-0.3, -0.25) is 9.78 Å². The zero-order chi connectivity index (χ0) is 19.5. The number of carbonyl (C=O) groups excluding carboxylic acids is 1. The molecule has 0 bridgehead atoms. The first-order valence-electron chi connectivity index (χ1n) is 8.84. The highest BCUT2D eigenvalue weighted by Crippen LogP contribution is 2.14. The number of aromatic nitrogens is 1. The van der Waals surface area contributed by atoms with Crippen molar-refractivity contribution >= 4 is 17.6 Å². The Morgan fingerprint density at radius 1 is 0.964 bits per heavy atom. The number of carboxylic acids is 1. The Hall–Kier alpha value is -3.26. The van der Waals surface area contributed by atoms with Gasteiger partial charge < -0.3 is 15.7 Å². The van der Waals surface area contributed by atoms with E-state index in [1.54, 1.807) is 24.5 Å². The number of rotatable bonds is 3. The van der Waals surface area contributed by atoms with E-state index in [-0.39, 0.29) is 22.7 Å². The molecule has 0 radical (unpaired) electrons. The van der Waals surface area contributed by atoms with Gasteiger partial charge in [-0.1, -0.05) is 18.9 Å². The van der Waals surface area contributed by atoms with Crippen LogP contribution in [-0.2, 0) is 0 Å². The number of hydrogen-bond donors (Lipinski definition) is 3. The molecule has 1 aromatic heterocycles. The van der Waals surface area contributed by atoms with Gasteiger partial charge in [-0.05, 0) is 56.0 Å². The highest BCUT2D eigenvalue weighted by Gasteiger charge is 2.07. The van der Waals surface area contributed by atoms with Gasteiger partial charge in [-0.25, -0.2) is 10.2 Å². The lowest BCUT2D eigenvalue weighted by atomic mass is 10.2. The Kier molecular flexibility index (Phi) is 9.91. The second-order valence-electron chi connectivity index (χ2n) is 6.12. The lowest BCUT2D eigenvalue weighted by Crippen LogP contribution is -2.19. The Balaban J connectivity index is 0.000000307. The van der Waals surface area contributed by atoms with E-state index in [4.69, 9.17) is 10.2 Å². The molecule has 1 heterocycles. The van der Waals surface area contributed by atoms with E-state index in [9.17, 15) is 9.59 Å². The van der Waals surface area contributed by atoms with Gasteiger partial charge in [-0.2, -0.15) is 5.10 Å². The van der Waals surface area contributed by atoms with Crippen molar-refractivity contribution in [1.82, 2.24) is 10.4 Å². The van der Waals surface area contributed by atoms with Crippen LogP contribution in [-0.4, -0.2) is 38.3 Å². The van der Waals surface area contributed by atoms with Crippen molar-refractivity contribution in [3.63, 3.8) is 0 Å². The van der Waals surface area contributed by atoms with E-state index in [1.165, 1.54) is 49.9 Å². The molecule has 1 fully saturated rings. The normalized spacial score (nSPS) is 13.1. The Morgan fingerprint density at radius 3 is 2.14 bits per heavy atom. The minimum atomic E-state index is -1.03. The molecule has 1 amide bonds. The number of nitrogens with zero attached hydrogens (tertiary/aromatic N) is 2. The number of phenolic OH excluding ortho intramolecular Hbond substituents is 1. The number of phenols is 1. The van der Waals surface area contributed by atoms with Crippen LogP contribution in [0.15, 0.2) is 53.9 Å². The number of benzene rings is 1. The monoisotopic (exact) mass is 387 g/mol. The highest BCUT2D eigenvalue weighted by molar-refractivity contribution is 5.95. The van der Waals surface area contributed by atoms with Crippen molar-refractivity contribution in [2.75, 3.05) is 0 Å². The zero-order valence-corrected chi connectivity index (χ0v) is 15.5. The fraction of sp³-hybridized carbons (Fsp3) is 0.300. The number of pyridine rings is 1. The second kappa shape index (κ2) is 12.2. The number of carbonyl (C=O) groups is 2. The number of nitrogens with one attached hydrogen (secondary N) is 1. The van der Waals surface area contributed by atoms with Crippen LogP contribution in [0.2, 0.25) is 0 Å². The Morgan fingerprint density at radius 2 is 1.61 bits per heavy atom. The maximum absolute atomic E-state index is 11.7. The molecule has 1 aliphatic rings. The third-order valence-electron chi connectivity index (χ3n) is 4.03. The summed E-state index contributed by atoms with van der Waals surface area (Å²) < 4.78 is 0. The maximum Gasteiger partial charge on any atom is 0.335 e. The molecular weight excluding hydrogens is 362 g/mol. The van der Waals surface area contributed by atoms with Gasteiger partial charge in [-0.15, -0.1) is 0 Å². The molecule has 3 rings (SSSR count). The number of amides is 1. The van der Waals surface area contributed by atoms with Crippen LogP contribution in [0.25, 0.3) is 0 Å². The van der Waals surface area contributed by atoms with Gasteiger partial charge in [0, 0.05) is 23.7 Å². The summed E-state index contributed by atoms with van der Waals surface area (Å²) in [5, 5.41) is 21.4. The molecule has 5 N–H and O–H groups in total. The van der Waals surface area contributed by atoms with Crippen molar-refractivity contribution in [1.29, 1.82) is 0 Å². The molecule has 0 atom stereocenters. The minimum Gasteiger partial charge on any atom is -0.508 e. The van der Waals surface area contributed by atoms with E-state index >= 15 is 0 Å². The minimum absolute atomic E-state index is 0. The topological polar surface area (TPSA) is 143 Å². The molecule has 8 nitrogen and oxygen atoms in total. The molecule has 0 saturated heterocycles. The summed E-state index contributed by atoms with van der Waals surface area (Å²) in [7, 11) is 0. The fourth-order valence-corrected chi connectivity index (χ4v) is 2.59. The van der Waals surface area contributed by atoms with Gasteiger partial charge in [0.05, 0.1) is 5.56 Å². The predicted octanol–water partition coefficient (Wildman–Crippen LogP) is 2.79. The lowest BCUT2D eigenvalue weighted by molar-refractivity contribution is 0.0696. The fourth-order valence-electron chi connectivity index (χ4n) is 2.59. The highest BCUT2D eigenvalue weighted by atomic mass is 16.4. The van der Waals surface area contributed by atoms with Crippen LogP contribution in [0.4, 0.5) is 0 Å². The average molecular weight is 387 g/mol. The number of carboxylic acid groups (broad SMARTS) is 1. The third-order valence-corrected chi connectivity index (χ3v) is 4.03. The molecule has 0 unspecified atom stereocenters. The van der Waals surface area contributed by atoms with Crippen molar-refractivity contribution in [2.45, 2.75) is 38.5 Å². The number of aromatic hydroxyl groups is 1. The average Bonchev–Trinajstić information content (AvgIpc) is 2.96. The van der Waals surface area contributed by atoms with Gasteiger partial charge in [0.2, 0.25) is 0 Å². The summed E-state index contributed by atoms with van der Waals surface area (Å²) in [5.74, 6) is -1.22. The van der Waals surface area contributed by atoms with Crippen LogP contribution in [0.5, 0.6) is 5.75 Å². The third kappa shape index (κ3) is 7.96. The molecule has 28 heavy (non-hydrogen) atoms. The van der Waals surface area contributed by atoms with Crippen LogP contribution in [0.1, 0.15) is 59.2 Å². The van der Waals surface area contributed by atoms with Crippen LogP contribution in [0, 0.1) is 0 Å². The van der Waals surface area contributed by atoms with Crippen LogP contribution in [0.3, 0.4) is 0 Å².